The summed E-state index contributed by atoms with van der Waals surface area (Å²) in [6.07, 6.45) is 0.213. The van der Waals surface area contributed by atoms with Crippen LogP contribution in [-0.4, -0.2) is 44.4 Å². The summed E-state index contributed by atoms with van der Waals surface area (Å²) in [6, 6.07) is 7.67. The highest BCUT2D eigenvalue weighted by Crippen LogP contribution is 2.08. The molecule has 1 heterocycles. The van der Waals surface area contributed by atoms with Crippen LogP contribution >= 0.6 is 0 Å². The second kappa shape index (κ2) is 7.38. The van der Waals surface area contributed by atoms with E-state index < -0.39 is 0 Å². The molecule has 0 saturated carbocycles. The van der Waals surface area contributed by atoms with Crippen molar-refractivity contribution in [3.63, 3.8) is 0 Å². The number of rotatable bonds is 5. The van der Waals surface area contributed by atoms with Gasteiger partial charge in [0.1, 0.15) is 6.61 Å². The summed E-state index contributed by atoms with van der Waals surface area (Å²) in [6.45, 7) is 6.13. The molecule has 2 atom stereocenters. The molecule has 0 spiro atoms. The Labute approximate surface area is 119 Å². The van der Waals surface area contributed by atoms with Crippen molar-refractivity contribution in [3.8, 4) is 0 Å². The fourth-order valence-corrected chi connectivity index (χ4v) is 2.09. The van der Waals surface area contributed by atoms with Crippen LogP contribution in [0.3, 0.4) is 0 Å². The predicted molar refractivity (Wildman–Crippen MR) is 77.8 cm³/mol. The van der Waals surface area contributed by atoms with Gasteiger partial charge in [-0.15, -0.1) is 0 Å². The molecule has 0 aromatic heterocycles. The monoisotopic (exact) mass is 278 g/mol. The smallest absolute Gasteiger partial charge is 0.250 e. The lowest BCUT2D eigenvalue weighted by Crippen LogP contribution is -2.45. The number of anilines is 1. The van der Waals surface area contributed by atoms with Crippen LogP contribution in [0.1, 0.15) is 12.5 Å². The van der Waals surface area contributed by atoms with Crippen LogP contribution in [-0.2, 0) is 14.3 Å². The van der Waals surface area contributed by atoms with Crippen LogP contribution in [0, 0.1) is 6.92 Å². The lowest BCUT2D eigenvalue weighted by Gasteiger charge is -2.28. The molecule has 0 aliphatic carbocycles. The molecular weight excluding hydrogens is 256 g/mol. The maximum atomic E-state index is 11.7. The molecule has 1 amide bonds. The Bertz CT molecular complexity index is 433. The predicted octanol–water partition coefficient (Wildman–Crippen LogP) is 1.33. The van der Waals surface area contributed by atoms with E-state index in [4.69, 9.17) is 9.47 Å². The van der Waals surface area contributed by atoms with Crippen molar-refractivity contribution < 1.29 is 14.3 Å². The first-order chi connectivity index (χ1) is 9.63. The van der Waals surface area contributed by atoms with Crippen molar-refractivity contribution in [2.75, 3.05) is 31.6 Å². The molecule has 2 unspecified atom stereocenters. The highest BCUT2D eigenvalue weighted by Gasteiger charge is 2.18. The van der Waals surface area contributed by atoms with Gasteiger partial charge in [-0.3, -0.25) is 4.79 Å². The molecule has 2 N–H and O–H groups in total. The molecular formula is C15H22N2O3. The fraction of sp³-hybridized carbons (Fsp3) is 0.533. The number of amides is 1. The minimum Gasteiger partial charge on any atom is -0.370 e. The maximum absolute atomic E-state index is 11.7. The third kappa shape index (κ3) is 4.92. The Kier molecular flexibility index (Phi) is 5.52. The van der Waals surface area contributed by atoms with Crippen molar-refractivity contribution in [1.29, 1.82) is 0 Å². The zero-order chi connectivity index (χ0) is 14.4. The molecule has 0 radical (unpaired) electrons. The van der Waals surface area contributed by atoms with Crippen LogP contribution in [0.4, 0.5) is 5.69 Å². The van der Waals surface area contributed by atoms with Crippen molar-refractivity contribution >= 4 is 11.6 Å². The lowest BCUT2D eigenvalue weighted by molar-refractivity contribution is -0.123. The minimum atomic E-state index is -0.148. The molecule has 1 saturated heterocycles. The number of hydrogen-bond donors (Lipinski definition) is 2. The van der Waals surface area contributed by atoms with Gasteiger partial charge in [-0.2, -0.15) is 0 Å². The quantitative estimate of drug-likeness (QED) is 0.853. The topological polar surface area (TPSA) is 59.6 Å². The minimum absolute atomic E-state index is 0.0194. The van der Waals surface area contributed by atoms with Crippen molar-refractivity contribution in [3.05, 3.63) is 29.8 Å². The summed E-state index contributed by atoms with van der Waals surface area (Å²) in [5.74, 6) is -0.148. The lowest BCUT2D eigenvalue weighted by atomic mass is 10.2. The molecule has 2 rings (SSSR count). The number of carbonyl (C=O) groups is 1. The molecule has 20 heavy (non-hydrogen) atoms. The average molecular weight is 278 g/mol. The SMILES string of the molecule is Cc1ccc(NC(=O)COCC2CNCC(C)O2)cc1. The zero-order valence-electron chi connectivity index (χ0n) is 12.0. The van der Waals surface area contributed by atoms with Gasteiger partial charge in [-0.1, -0.05) is 17.7 Å². The Morgan fingerprint density at radius 3 is 2.85 bits per heavy atom. The van der Waals surface area contributed by atoms with E-state index in [1.165, 1.54) is 0 Å². The molecule has 5 nitrogen and oxygen atoms in total. The second-order valence-electron chi connectivity index (χ2n) is 5.16. The van der Waals surface area contributed by atoms with E-state index >= 15 is 0 Å². The normalized spacial score (nSPS) is 22.5. The first-order valence-electron chi connectivity index (χ1n) is 6.94. The third-order valence-electron chi connectivity index (χ3n) is 3.10. The Morgan fingerprint density at radius 1 is 1.40 bits per heavy atom. The van der Waals surface area contributed by atoms with E-state index in [1.807, 2.05) is 38.1 Å². The number of aryl methyl sites for hydroxylation is 1. The number of morpholine rings is 1. The molecule has 0 bridgehead atoms. The van der Waals surface area contributed by atoms with E-state index in [0.29, 0.717) is 6.61 Å². The third-order valence-corrected chi connectivity index (χ3v) is 3.10. The summed E-state index contributed by atoms with van der Waals surface area (Å²) in [5, 5.41) is 6.06. The van der Waals surface area contributed by atoms with Crippen LogP contribution in [0.15, 0.2) is 24.3 Å². The largest absolute Gasteiger partial charge is 0.370 e. The Hall–Kier alpha value is -1.43. The Morgan fingerprint density at radius 2 is 2.15 bits per heavy atom. The van der Waals surface area contributed by atoms with Crippen LogP contribution in [0.25, 0.3) is 0 Å². The number of benzene rings is 1. The van der Waals surface area contributed by atoms with E-state index in [-0.39, 0.29) is 24.7 Å². The number of hydrogen-bond acceptors (Lipinski definition) is 4. The van der Waals surface area contributed by atoms with E-state index in [2.05, 4.69) is 10.6 Å². The van der Waals surface area contributed by atoms with Gasteiger partial charge in [-0.25, -0.2) is 0 Å². The van der Waals surface area contributed by atoms with E-state index in [0.717, 1.165) is 24.3 Å². The Balaban J connectivity index is 1.66. The molecule has 1 aromatic carbocycles. The fourth-order valence-electron chi connectivity index (χ4n) is 2.09. The summed E-state index contributed by atoms with van der Waals surface area (Å²) < 4.78 is 11.1. The van der Waals surface area contributed by atoms with Gasteiger partial charge in [0.15, 0.2) is 0 Å². The summed E-state index contributed by atoms with van der Waals surface area (Å²) >= 11 is 0. The summed E-state index contributed by atoms with van der Waals surface area (Å²) in [4.78, 5) is 11.7. The molecule has 1 aromatic rings. The number of nitrogens with one attached hydrogen (secondary N) is 2. The van der Waals surface area contributed by atoms with E-state index in [9.17, 15) is 4.79 Å². The molecule has 5 heteroatoms. The van der Waals surface area contributed by atoms with Gasteiger partial charge < -0.3 is 20.1 Å². The van der Waals surface area contributed by atoms with Crippen molar-refractivity contribution in [2.24, 2.45) is 0 Å². The standard InChI is InChI=1S/C15H22N2O3/c1-11-3-5-13(6-4-11)17-15(18)10-19-9-14-8-16-7-12(2)20-14/h3-6,12,14,16H,7-10H2,1-2H3,(H,17,18). The van der Waals surface area contributed by atoms with Crippen molar-refractivity contribution in [1.82, 2.24) is 5.32 Å². The molecule has 110 valence electrons. The highest BCUT2D eigenvalue weighted by molar-refractivity contribution is 5.91. The van der Waals surface area contributed by atoms with Gasteiger partial charge in [0.25, 0.3) is 0 Å². The maximum Gasteiger partial charge on any atom is 0.250 e. The van der Waals surface area contributed by atoms with Gasteiger partial charge in [0.2, 0.25) is 5.91 Å². The molecule has 1 aliphatic heterocycles. The molecule has 1 fully saturated rings. The van der Waals surface area contributed by atoms with Gasteiger partial charge in [0.05, 0.1) is 18.8 Å². The number of ether oxygens (including phenoxy) is 2. The molecule has 1 aliphatic rings. The van der Waals surface area contributed by atoms with Gasteiger partial charge in [-0.05, 0) is 26.0 Å². The van der Waals surface area contributed by atoms with Gasteiger partial charge in [0, 0.05) is 18.8 Å². The number of carbonyl (C=O) groups excluding carboxylic acids is 1. The van der Waals surface area contributed by atoms with E-state index in [1.54, 1.807) is 0 Å². The van der Waals surface area contributed by atoms with Crippen LogP contribution < -0.4 is 10.6 Å². The van der Waals surface area contributed by atoms with Crippen molar-refractivity contribution in [2.45, 2.75) is 26.1 Å². The first kappa shape index (κ1) is 15.0. The first-order valence-corrected chi connectivity index (χ1v) is 6.94. The van der Waals surface area contributed by atoms with Crippen LogP contribution in [0.5, 0.6) is 0 Å². The second-order valence-corrected chi connectivity index (χ2v) is 5.16. The zero-order valence-corrected chi connectivity index (χ0v) is 12.0. The van der Waals surface area contributed by atoms with Gasteiger partial charge >= 0.3 is 0 Å². The summed E-state index contributed by atoms with van der Waals surface area (Å²) in [7, 11) is 0. The average Bonchev–Trinajstić information content (AvgIpc) is 2.41. The van der Waals surface area contributed by atoms with Crippen LogP contribution in [0.2, 0.25) is 0 Å². The highest BCUT2D eigenvalue weighted by atomic mass is 16.5. The summed E-state index contributed by atoms with van der Waals surface area (Å²) in [5.41, 5.74) is 1.95.